The van der Waals surface area contributed by atoms with E-state index in [9.17, 15) is 4.79 Å². The second-order valence-corrected chi connectivity index (χ2v) is 5.85. The molecule has 2 aliphatic heterocycles. The Labute approximate surface area is 117 Å². The van der Waals surface area contributed by atoms with E-state index in [0.29, 0.717) is 18.4 Å². The van der Waals surface area contributed by atoms with Crippen LogP contribution in [0, 0.1) is 0 Å². The van der Waals surface area contributed by atoms with E-state index in [2.05, 4.69) is 20.4 Å². The van der Waals surface area contributed by atoms with Gasteiger partial charge >= 0.3 is 6.09 Å². The topological polar surface area (TPSA) is 80.5 Å². The van der Waals surface area contributed by atoms with Crippen molar-refractivity contribution < 1.29 is 14.1 Å². The predicted octanol–water partition coefficient (Wildman–Crippen LogP) is 1.66. The summed E-state index contributed by atoms with van der Waals surface area (Å²) in [7, 11) is 0. The van der Waals surface area contributed by atoms with Gasteiger partial charge in [-0.3, -0.25) is 0 Å². The average Bonchev–Trinajstić information content (AvgIpc) is 2.96. The number of carbonyl (C=O) groups is 1. The molecule has 3 heterocycles. The Kier molecular flexibility index (Phi) is 3.27. The van der Waals surface area contributed by atoms with Crippen molar-refractivity contribution in [2.24, 2.45) is 0 Å². The third-order valence-corrected chi connectivity index (χ3v) is 3.97. The van der Waals surface area contributed by atoms with E-state index in [1.807, 2.05) is 13.8 Å². The Hall–Kier alpha value is -1.79. The molecule has 0 aromatic carbocycles. The molecule has 1 amide bonds. The minimum Gasteiger partial charge on any atom is -0.441 e. The van der Waals surface area contributed by atoms with Crippen molar-refractivity contribution >= 4 is 12.0 Å². The number of hydrogen-bond donors (Lipinski definition) is 1. The van der Waals surface area contributed by atoms with Gasteiger partial charge in [-0.2, -0.15) is 4.98 Å². The Bertz CT molecular complexity index is 502. The summed E-state index contributed by atoms with van der Waals surface area (Å²) in [5.74, 6) is 1.53. The van der Waals surface area contributed by atoms with Crippen LogP contribution in [0.5, 0.6) is 0 Å². The van der Waals surface area contributed by atoms with Crippen LogP contribution in [0.1, 0.15) is 44.9 Å². The molecule has 0 saturated carbocycles. The van der Waals surface area contributed by atoms with E-state index in [1.54, 1.807) is 0 Å². The maximum absolute atomic E-state index is 11.3. The van der Waals surface area contributed by atoms with Crippen LogP contribution in [0.3, 0.4) is 0 Å². The van der Waals surface area contributed by atoms with Gasteiger partial charge in [0.1, 0.15) is 5.60 Å². The van der Waals surface area contributed by atoms with E-state index in [-0.39, 0.29) is 17.6 Å². The first kappa shape index (κ1) is 13.2. The molecule has 7 nitrogen and oxygen atoms in total. The monoisotopic (exact) mass is 280 g/mol. The molecular weight excluding hydrogens is 260 g/mol. The molecule has 2 fully saturated rings. The Morgan fingerprint density at radius 3 is 2.85 bits per heavy atom. The highest BCUT2D eigenvalue weighted by atomic mass is 16.6. The summed E-state index contributed by atoms with van der Waals surface area (Å²) < 4.78 is 10.7. The highest BCUT2D eigenvalue weighted by Crippen LogP contribution is 2.30. The summed E-state index contributed by atoms with van der Waals surface area (Å²) in [5.41, 5.74) is -0.351. The Morgan fingerprint density at radius 1 is 1.35 bits per heavy atom. The zero-order chi connectivity index (χ0) is 14.2. The Balaban J connectivity index is 1.69. The first-order chi connectivity index (χ1) is 9.58. The van der Waals surface area contributed by atoms with Crippen LogP contribution in [-0.4, -0.2) is 41.5 Å². The number of hydrogen-bond acceptors (Lipinski definition) is 6. The molecule has 1 N–H and O–H groups in total. The van der Waals surface area contributed by atoms with Gasteiger partial charge < -0.3 is 19.5 Å². The van der Waals surface area contributed by atoms with Crippen LogP contribution in [0.2, 0.25) is 0 Å². The van der Waals surface area contributed by atoms with Crippen molar-refractivity contribution in [1.29, 1.82) is 0 Å². The maximum atomic E-state index is 11.3. The third-order valence-electron chi connectivity index (χ3n) is 3.97. The first-order valence-electron chi connectivity index (χ1n) is 7.13. The number of rotatable bonds is 2. The van der Waals surface area contributed by atoms with Crippen molar-refractivity contribution in [3.63, 3.8) is 0 Å². The third kappa shape index (κ3) is 2.44. The highest BCUT2D eigenvalue weighted by Gasteiger charge is 2.41. The van der Waals surface area contributed by atoms with Gasteiger partial charge in [-0.1, -0.05) is 13.8 Å². The zero-order valence-electron chi connectivity index (χ0n) is 11.9. The van der Waals surface area contributed by atoms with E-state index < -0.39 is 0 Å². The largest absolute Gasteiger partial charge is 0.441 e. The van der Waals surface area contributed by atoms with Gasteiger partial charge in [0.05, 0.1) is 6.54 Å². The fourth-order valence-electron chi connectivity index (χ4n) is 2.74. The molecule has 3 rings (SSSR count). The molecule has 1 aromatic rings. The van der Waals surface area contributed by atoms with Crippen LogP contribution in [0.4, 0.5) is 10.7 Å². The minimum absolute atomic E-state index is 0.231. The van der Waals surface area contributed by atoms with Crippen molar-refractivity contribution in [2.45, 2.75) is 44.6 Å². The quantitative estimate of drug-likeness (QED) is 0.887. The molecular formula is C13H20N4O3. The summed E-state index contributed by atoms with van der Waals surface area (Å²) in [5, 5.41) is 6.80. The smallest absolute Gasteiger partial charge is 0.407 e. The number of carbonyl (C=O) groups excluding carboxylic acids is 1. The lowest BCUT2D eigenvalue weighted by Crippen LogP contribution is -2.35. The average molecular weight is 280 g/mol. The standard InChI is InChI=1S/C13H20N4O3/c1-9(2)10-15-11(16-20-10)17-6-3-4-13(5-7-17)8-14-12(18)19-13/h9H,3-8H2,1-2H3,(H,14,18). The number of nitrogens with zero attached hydrogens (tertiary/aromatic N) is 3. The molecule has 0 radical (unpaired) electrons. The molecule has 7 heteroatoms. The molecule has 20 heavy (non-hydrogen) atoms. The zero-order valence-corrected chi connectivity index (χ0v) is 11.9. The number of alkyl carbamates (subject to hydrolysis) is 1. The van der Waals surface area contributed by atoms with Gasteiger partial charge in [0.25, 0.3) is 5.95 Å². The molecule has 2 saturated heterocycles. The van der Waals surface area contributed by atoms with Gasteiger partial charge in [0.15, 0.2) is 0 Å². The van der Waals surface area contributed by atoms with Crippen LogP contribution in [0.25, 0.3) is 0 Å². The number of nitrogens with one attached hydrogen (secondary N) is 1. The summed E-state index contributed by atoms with van der Waals surface area (Å²) in [4.78, 5) is 17.8. The van der Waals surface area contributed by atoms with Gasteiger partial charge in [-0.15, -0.1) is 0 Å². The van der Waals surface area contributed by atoms with Gasteiger partial charge in [-0.25, -0.2) is 4.79 Å². The summed E-state index contributed by atoms with van der Waals surface area (Å²) in [6.07, 6.45) is 2.30. The summed E-state index contributed by atoms with van der Waals surface area (Å²) in [6, 6.07) is 0. The second kappa shape index (κ2) is 4.96. The molecule has 2 aliphatic rings. The summed E-state index contributed by atoms with van der Waals surface area (Å²) >= 11 is 0. The fraction of sp³-hybridized carbons (Fsp3) is 0.769. The molecule has 1 aromatic heterocycles. The van der Waals surface area contributed by atoms with Crippen LogP contribution < -0.4 is 10.2 Å². The van der Waals surface area contributed by atoms with Crippen LogP contribution in [-0.2, 0) is 4.74 Å². The fourth-order valence-corrected chi connectivity index (χ4v) is 2.74. The predicted molar refractivity (Wildman–Crippen MR) is 71.7 cm³/mol. The van der Waals surface area contributed by atoms with Crippen molar-refractivity contribution in [3.8, 4) is 0 Å². The molecule has 110 valence electrons. The second-order valence-electron chi connectivity index (χ2n) is 5.85. The van der Waals surface area contributed by atoms with Crippen molar-refractivity contribution in [2.75, 3.05) is 24.5 Å². The summed E-state index contributed by atoms with van der Waals surface area (Å²) in [6.45, 7) is 6.28. The SMILES string of the molecule is CC(C)c1nc(N2CCCC3(CC2)CNC(=O)O3)no1. The minimum atomic E-state index is -0.351. The van der Waals surface area contributed by atoms with E-state index in [4.69, 9.17) is 9.26 Å². The maximum Gasteiger partial charge on any atom is 0.407 e. The molecule has 1 atom stereocenters. The van der Waals surface area contributed by atoms with Crippen molar-refractivity contribution in [3.05, 3.63) is 5.89 Å². The van der Waals surface area contributed by atoms with E-state index in [0.717, 1.165) is 32.4 Å². The van der Waals surface area contributed by atoms with Gasteiger partial charge in [0, 0.05) is 25.4 Å². The molecule has 1 spiro atoms. The van der Waals surface area contributed by atoms with Crippen molar-refractivity contribution in [1.82, 2.24) is 15.5 Å². The van der Waals surface area contributed by atoms with Crippen LogP contribution in [0.15, 0.2) is 4.52 Å². The first-order valence-corrected chi connectivity index (χ1v) is 7.13. The normalized spacial score (nSPS) is 26.8. The van der Waals surface area contributed by atoms with E-state index >= 15 is 0 Å². The number of amides is 1. The highest BCUT2D eigenvalue weighted by molar-refractivity contribution is 5.70. The lowest BCUT2D eigenvalue weighted by molar-refractivity contribution is 0.0473. The molecule has 0 bridgehead atoms. The Morgan fingerprint density at radius 2 is 2.20 bits per heavy atom. The lowest BCUT2D eigenvalue weighted by atomic mass is 9.95. The number of aromatic nitrogens is 2. The van der Waals surface area contributed by atoms with E-state index in [1.165, 1.54) is 0 Å². The van der Waals surface area contributed by atoms with Gasteiger partial charge in [0.2, 0.25) is 5.89 Å². The lowest BCUT2D eigenvalue weighted by Gasteiger charge is -2.24. The number of ether oxygens (including phenoxy) is 1. The molecule has 1 unspecified atom stereocenters. The van der Waals surface area contributed by atoms with Crippen LogP contribution >= 0.6 is 0 Å². The number of anilines is 1. The molecule has 0 aliphatic carbocycles. The van der Waals surface area contributed by atoms with Gasteiger partial charge in [-0.05, 0) is 18.0 Å².